The van der Waals surface area contributed by atoms with Crippen molar-refractivity contribution < 1.29 is 9.69 Å². The highest BCUT2D eigenvalue weighted by Crippen LogP contribution is 2.12. The number of carbonyl (C=O) groups is 1. The van der Waals surface area contributed by atoms with Crippen molar-refractivity contribution in [2.75, 3.05) is 31.1 Å². The zero-order chi connectivity index (χ0) is 17.6. The summed E-state index contributed by atoms with van der Waals surface area (Å²) in [6, 6.07) is 18.8. The Labute approximate surface area is 150 Å². The summed E-state index contributed by atoms with van der Waals surface area (Å²) in [6.45, 7) is 8.69. The number of quaternary nitrogens is 1. The van der Waals surface area contributed by atoms with Gasteiger partial charge in [-0.2, -0.15) is 0 Å². The van der Waals surface area contributed by atoms with Gasteiger partial charge in [-0.25, -0.2) is 0 Å². The van der Waals surface area contributed by atoms with Gasteiger partial charge in [0.15, 0.2) is 6.04 Å². The molecule has 25 heavy (non-hydrogen) atoms. The van der Waals surface area contributed by atoms with E-state index in [9.17, 15) is 4.79 Å². The molecule has 2 aromatic carbocycles. The Morgan fingerprint density at radius 2 is 1.72 bits per heavy atom. The second-order valence-corrected chi connectivity index (χ2v) is 6.91. The zero-order valence-corrected chi connectivity index (χ0v) is 15.2. The summed E-state index contributed by atoms with van der Waals surface area (Å²) in [5.74, 6) is 0.142. The molecule has 1 atom stereocenters. The maximum absolute atomic E-state index is 12.5. The van der Waals surface area contributed by atoms with Crippen LogP contribution in [-0.2, 0) is 11.3 Å². The van der Waals surface area contributed by atoms with E-state index in [-0.39, 0.29) is 11.9 Å². The van der Waals surface area contributed by atoms with Crippen molar-refractivity contribution in [1.82, 2.24) is 5.32 Å². The number of para-hydroxylation sites is 1. The van der Waals surface area contributed by atoms with Gasteiger partial charge in [0.25, 0.3) is 5.91 Å². The number of nitrogens with zero attached hydrogens (tertiary/aromatic N) is 1. The van der Waals surface area contributed by atoms with E-state index in [1.165, 1.54) is 16.2 Å². The summed E-state index contributed by atoms with van der Waals surface area (Å²) < 4.78 is 0. The summed E-state index contributed by atoms with van der Waals surface area (Å²) in [7, 11) is 0. The summed E-state index contributed by atoms with van der Waals surface area (Å²) in [6.07, 6.45) is 0. The van der Waals surface area contributed by atoms with Gasteiger partial charge in [-0.1, -0.05) is 48.0 Å². The van der Waals surface area contributed by atoms with E-state index in [4.69, 9.17) is 0 Å². The molecule has 1 fully saturated rings. The minimum atomic E-state index is -0.0108. The maximum atomic E-state index is 12.5. The first-order valence-corrected chi connectivity index (χ1v) is 9.11. The number of aryl methyl sites for hydroxylation is 1. The fraction of sp³-hybridized carbons (Fsp3) is 0.381. The Hall–Kier alpha value is -2.33. The average molecular weight is 338 g/mol. The van der Waals surface area contributed by atoms with Crippen LogP contribution in [0, 0.1) is 6.92 Å². The number of anilines is 1. The number of piperazine rings is 1. The number of hydrogen-bond donors (Lipinski definition) is 2. The van der Waals surface area contributed by atoms with E-state index >= 15 is 0 Å². The fourth-order valence-electron chi connectivity index (χ4n) is 3.36. The molecule has 0 unspecified atom stereocenters. The molecule has 1 saturated heterocycles. The quantitative estimate of drug-likeness (QED) is 0.865. The number of nitrogens with one attached hydrogen (secondary N) is 2. The first kappa shape index (κ1) is 17.5. The van der Waals surface area contributed by atoms with Gasteiger partial charge >= 0.3 is 0 Å². The van der Waals surface area contributed by atoms with E-state index in [1.807, 2.05) is 13.0 Å². The molecule has 4 heteroatoms. The van der Waals surface area contributed by atoms with Crippen LogP contribution in [0.5, 0.6) is 0 Å². The van der Waals surface area contributed by atoms with Crippen molar-refractivity contribution in [3.8, 4) is 0 Å². The van der Waals surface area contributed by atoms with Gasteiger partial charge in [0.05, 0.1) is 26.2 Å². The summed E-state index contributed by atoms with van der Waals surface area (Å²) >= 11 is 0. The SMILES string of the molecule is Cc1ccc(CNC(=O)[C@H](C)[NH+]2CCN(c3ccccc3)CC2)cc1. The number of hydrogen-bond acceptors (Lipinski definition) is 2. The van der Waals surface area contributed by atoms with Crippen LogP contribution < -0.4 is 15.1 Å². The summed E-state index contributed by atoms with van der Waals surface area (Å²) in [4.78, 5) is 16.3. The van der Waals surface area contributed by atoms with Crippen LogP contribution in [0.4, 0.5) is 5.69 Å². The van der Waals surface area contributed by atoms with E-state index < -0.39 is 0 Å². The predicted octanol–water partition coefficient (Wildman–Crippen LogP) is 1.40. The van der Waals surface area contributed by atoms with E-state index in [0.717, 1.165) is 31.7 Å². The molecule has 0 spiro atoms. The highest BCUT2D eigenvalue weighted by molar-refractivity contribution is 5.79. The molecule has 1 aliphatic rings. The lowest BCUT2D eigenvalue weighted by Gasteiger charge is -2.36. The Balaban J connectivity index is 1.47. The Morgan fingerprint density at radius 3 is 2.36 bits per heavy atom. The third-order valence-electron chi connectivity index (χ3n) is 5.12. The average Bonchev–Trinajstić information content (AvgIpc) is 2.67. The molecule has 132 valence electrons. The molecule has 0 aromatic heterocycles. The van der Waals surface area contributed by atoms with E-state index in [1.54, 1.807) is 0 Å². The molecule has 2 N–H and O–H groups in total. The fourth-order valence-corrected chi connectivity index (χ4v) is 3.36. The van der Waals surface area contributed by atoms with Gasteiger partial charge in [-0.3, -0.25) is 4.79 Å². The first-order valence-electron chi connectivity index (χ1n) is 9.11. The molecule has 0 radical (unpaired) electrons. The van der Waals surface area contributed by atoms with Gasteiger partial charge in [-0.15, -0.1) is 0 Å². The molecule has 1 heterocycles. The van der Waals surface area contributed by atoms with E-state index in [0.29, 0.717) is 6.54 Å². The number of carbonyl (C=O) groups excluding carboxylic acids is 1. The van der Waals surface area contributed by atoms with Crippen molar-refractivity contribution in [1.29, 1.82) is 0 Å². The molecule has 4 nitrogen and oxygen atoms in total. The lowest BCUT2D eigenvalue weighted by Crippen LogP contribution is -3.19. The molecule has 2 aromatic rings. The maximum Gasteiger partial charge on any atom is 0.278 e. The molecular weight excluding hydrogens is 310 g/mol. The van der Waals surface area contributed by atoms with Crippen LogP contribution in [-0.4, -0.2) is 38.1 Å². The van der Waals surface area contributed by atoms with Gasteiger partial charge < -0.3 is 15.1 Å². The third-order valence-corrected chi connectivity index (χ3v) is 5.12. The normalized spacial score (nSPS) is 16.5. The predicted molar refractivity (Wildman–Crippen MR) is 102 cm³/mol. The van der Waals surface area contributed by atoms with Crippen molar-refractivity contribution in [3.63, 3.8) is 0 Å². The summed E-state index contributed by atoms with van der Waals surface area (Å²) in [5, 5.41) is 3.08. The third kappa shape index (κ3) is 4.60. The minimum Gasteiger partial charge on any atom is -0.360 e. The Bertz CT molecular complexity index is 676. The topological polar surface area (TPSA) is 36.8 Å². The second-order valence-electron chi connectivity index (χ2n) is 6.91. The number of benzene rings is 2. The Kier molecular flexibility index (Phi) is 5.71. The molecule has 1 aliphatic heterocycles. The molecule has 0 bridgehead atoms. The molecule has 0 aliphatic carbocycles. The first-order chi connectivity index (χ1) is 12.1. The molecular formula is C21H28N3O+. The highest BCUT2D eigenvalue weighted by atomic mass is 16.2. The number of rotatable bonds is 5. The molecule has 3 rings (SSSR count). The van der Waals surface area contributed by atoms with Gasteiger partial charge in [0.2, 0.25) is 0 Å². The van der Waals surface area contributed by atoms with Crippen LogP contribution in [0.1, 0.15) is 18.1 Å². The molecule has 0 saturated carbocycles. The number of amides is 1. The van der Waals surface area contributed by atoms with Crippen molar-refractivity contribution in [3.05, 3.63) is 65.7 Å². The van der Waals surface area contributed by atoms with Gasteiger partial charge in [-0.05, 0) is 31.5 Å². The van der Waals surface area contributed by atoms with Crippen molar-refractivity contribution >= 4 is 11.6 Å². The smallest absolute Gasteiger partial charge is 0.278 e. The van der Waals surface area contributed by atoms with Crippen molar-refractivity contribution in [2.24, 2.45) is 0 Å². The van der Waals surface area contributed by atoms with Crippen molar-refractivity contribution in [2.45, 2.75) is 26.4 Å². The lowest BCUT2D eigenvalue weighted by molar-refractivity contribution is -0.914. The van der Waals surface area contributed by atoms with Crippen LogP contribution in [0.2, 0.25) is 0 Å². The van der Waals surface area contributed by atoms with Crippen LogP contribution >= 0.6 is 0 Å². The zero-order valence-electron chi connectivity index (χ0n) is 15.2. The highest BCUT2D eigenvalue weighted by Gasteiger charge is 2.28. The minimum absolute atomic E-state index is 0.0108. The van der Waals surface area contributed by atoms with Crippen LogP contribution in [0.3, 0.4) is 0 Å². The monoisotopic (exact) mass is 338 g/mol. The van der Waals surface area contributed by atoms with Crippen LogP contribution in [0.25, 0.3) is 0 Å². The van der Waals surface area contributed by atoms with Crippen LogP contribution in [0.15, 0.2) is 54.6 Å². The van der Waals surface area contributed by atoms with Gasteiger partial charge in [0.1, 0.15) is 0 Å². The summed E-state index contributed by atoms with van der Waals surface area (Å²) in [5.41, 5.74) is 3.66. The standard InChI is InChI=1S/C21H27N3O/c1-17-8-10-19(11-9-17)16-22-21(25)18(2)23-12-14-24(15-13-23)20-6-4-3-5-7-20/h3-11,18H,12-16H2,1-2H3,(H,22,25)/p+1/t18-/m0/s1. The Morgan fingerprint density at radius 1 is 1.08 bits per heavy atom. The largest absolute Gasteiger partial charge is 0.360 e. The van der Waals surface area contributed by atoms with E-state index in [2.05, 4.69) is 65.7 Å². The van der Waals surface area contributed by atoms with Gasteiger partial charge in [0, 0.05) is 12.2 Å². The lowest BCUT2D eigenvalue weighted by atomic mass is 10.1. The molecule has 1 amide bonds. The second kappa shape index (κ2) is 8.17.